The van der Waals surface area contributed by atoms with Crippen LogP contribution < -0.4 is 9.47 Å². The highest BCUT2D eigenvalue weighted by atomic mass is 16.6. The molecule has 0 saturated carbocycles. The average Bonchev–Trinajstić information content (AvgIpc) is 3.29. The van der Waals surface area contributed by atoms with Crippen LogP contribution in [0.2, 0.25) is 0 Å². The highest BCUT2D eigenvalue weighted by molar-refractivity contribution is 5.99. The predicted octanol–water partition coefficient (Wildman–Crippen LogP) is 6.22. The fraction of sp³-hybridized carbons (Fsp3) is 0.600. The van der Waals surface area contributed by atoms with Crippen LogP contribution in [0.3, 0.4) is 0 Å². The Labute approximate surface area is 227 Å². The number of allylic oxidation sites excluding steroid dienone is 2. The zero-order chi connectivity index (χ0) is 28.8. The summed E-state index contributed by atoms with van der Waals surface area (Å²) in [5.74, 6) is -0.588. The van der Waals surface area contributed by atoms with E-state index in [4.69, 9.17) is 18.9 Å². The Hall–Kier alpha value is -3.16. The number of hydrogen-bond donors (Lipinski definition) is 0. The van der Waals surface area contributed by atoms with Crippen molar-refractivity contribution >= 4 is 23.7 Å². The number of unbranched alkanes of at least 4 members (excludes halogenated alkanes) is 1. The lowest BCUT2D eigenvalue weighted by Gasteiger charge is -2.19. The van der Waals surface area contributed by atoms with Gasteiger partial charge in [-0.1, -0.05) is 39.3 Å². The third-order valence-corrected chi connectivity index (χ3v) is 6.40. The maximum absolute atomic E-state index is 12.7. The van der Waals surface area contributed by atoms with Gasteiger partial charge in [0.15, 0.2) is 5.75 Å². The second-order valence-corrected chi connectivity index (χ2v) is 9.26. The lowest BCUT2D eigenvalue weighted by molar-refractivity contribution is -0.148. The summed E-state index contributed by atoms with van der Waals surface area (Å²) in [4.78, 5) is 48.4. The fourth-order valence-corrected chi connectivity index (χ4v) is 3.89. The Morgan fingerprint density at radius 1 is 1.05 bits per heavy atom. The smallest absolute Gasteiger partial charge is 0.342 e. The van der Waals surface area contributed by atoms with Gasteiger partial charge in [0.1, 0.15) is 23.7 Å². The van der Waals surface area contributed by atoms with E-state index >= 15 is 0 Å². The van der Waals surface area contributed by atoms with Crippen molar-refractivity contribution in [3.05, 3.63) is 33.9 Å². The molecule has 38 heavy (non-hydrogen) atoms. The second kappa shape index (κ2) is 16.6. The standard InChI is InChI=1S/C28H38O8.C2H6/c1-7-18(3)27(31)34-15-9-8-10-23(30)36-26-21(14-12-17(2)11-13-19(4)29)25(33-6)20(5)22-16-35-28(32)24(22)26;1-2/h12,18H,7-11,13-16H2,1-6H3;1-2H3/b17-12+;. The van der Waals surface area contributed by atoms with Crippen molar-refractivity contribution in [3.8, 4) is 11.5 Å². The molecular formula is C30H44O8. The van der Waals surface area contributed by atoms with Crippen molar-refractivity contribution in [2.45, 2.75) is 100 Å². The molecule has 8 heteroatoms. The number of carbonyl (C=O) groups is 4. The summed E-state index contributed by atoms with van der Waals surface area (Å²) < 4.78 is 21.9. The van der Waals surface area contributed by atoms with Crippen molar-refractivity contribution < 1.29 is 38.1 Å². The minimum absolute atomic E-state index is 0.0935. The van der Waals surface area contributed by atoms with E-state index in [2.05, 4.69) is 0 Å². The molecule has 0 N–H and O–H groups in total. The number of rotatable bonds is 14. The maximum atomic E-state index is 12.7. The Morgan fingerprint density at radius 2 is 1.74 bits per heavy atom. The van der Waals surface area contributed by atoms with Gasteiger partial charge in [-0.3, -0.25) is 9.59 Å². The number of Topliss-reactive ketones (excluding diaryl/α,β-unsaturated/α-hetero) is 1. The van der Waals surface area contributed by atoms with Crippen LogP contribution in [0.1, 0.15) is 107 Å². The number of esters is 3. The van der Waals surface area contributed by atoms with Crippen molar-refractivity contribution in [1.29, 1.82) is 0 Å². The van der Waals surface area contributed by atoms with Crippen molar-refractivity contribution in [1.82, 2.24) is 0 Å². The van der Waals surface area contributed by atoms with Gasteiger partial charge in [-0.05, 0) is 58.4 Å². The van der Waals surface area contributed by atoms with Crippen molar-refractivity contribution in [2.24, 2.45) is 5.92 Å². The number of ketones is 1. The molecule has 1 atom stereocenters. The normalized spacial score (nSPS) is 13.1. The second-order valence-electron chi connectivity index (χ2n) is 9.26. The highest BCUT2D eigenvalue weighted by Crippen LogP contribution is 2.43. The summed E-state index contributed by atoms with van der Waals surface area (Å²) in [7, 11) is 1.54. The Kier molecular flexibility index (Phi) is 14.4. The topological polar surface area (TPSA) is 105 Å². The average molecular weight is 533 g/mol. The molecule has 0 fully saturated rings. The van der Waals surface area contributed by atoms with Crippen LogP contribution in [0.15, 0.2) is 11.6 Å². The summed E-state index contributed by atoms with van der Waals surface area (Å²) >= 11 is 0. The third kappa shape index (κ3) is 9.30. The van der Waals surface area contributed by atoms with Crippen LogP contribution in [0.5, 0.6) is 11.5 Å². The van der Waals surface area contributed by atoms with Gasteiger partial charge in [-0.15, -0.1) is 0 Å². The molecule has 0 saturated heterocycles. The SMILES string of the molecule is CC.CCC(C)C(=O)OCCCCC(=O)Oc1c(C/C=C(\C)CCC(C)=O)c(OC)c(C)c2c1C(=O)OC2. The summed E-state index contributed by atoms with van der Waals surface area (Å²) in [5.41, 5.74) is 3.28. The monoisotopic (exact) mass is 532 g/mol. The number of carbonyl (C=O) groups excluding carboxylic acids is 4. The minimum atomic E-state index is -0.533. The summed E-state index contributed by atoms with van der Waals surface area (Å²) in [5, 5.41) is 0. The van der Waals surface area contributed by atoms with Gasteiger partial charge in [0.05, 0.1) is 19.6 Å². The summed E-state index contributed by atoms with van der Waals surface area (Å²) in [6.45, 7) is 13.4. The Bertz CT molecular complexity index is 1020. The summed E-state index contributed by atoms with van der Waals surface area (Å²) in [6.07, 6.45) is 5.21. The zero-order valence-corrected chi connectivity index (χ0v) is 24.3. The lowest BCUT2D eigenvalue weighted by Crippen LogP contribution is -2.16. The van der Waals surface area contributed by atoms with E-state index in [0.29, 0.717) is 55.4 Å². The molecule has 212 valence electrons. The first kappa shape index (κ1) is 32.9. The molecule has 1 aromatic carbocycles. The van der Waals surface area contributed by atoms with Gasteiger partial charge in [0.25, 0.3) is 0 Å². The molecule has 0 amide bonds. The van der Waals surface area contributed by atoms with E-state index in [1.807, 2.05) is 47.6 Å². The van der Waals surface area contributed by atoms with E-state index in [1.54, 1.807) is 6.92 Å². The van der Waals surface area contributed by atoms with Gasteiger partial charge >= 0.3 is 17.9 Å². The van der Waals surface area contributed by atoms with E-state index in [1.165, 1.54) is 7.11 Å². The van der Waals surface area contributed by atoms with Crippen molar-refractivity contribution in [3.63, 3.8) is 0 Å². The van der Waals surface area contributed by atoms with Gasteiger partial charge in [-0.25, -0.2) is 4.79 Å². The minimum Gasteiger partial charge on any atom is -0.496 e. The molecule has 0 radical (unpaired) electrons. The Balaban J connectivity index is 0.00000352. The lowest BCUT2D eigenvalue weighted by atomic mass is 9.94. The molecule has 0 spiro atoms. The van der Waals surface area contributed by atoms with Crippen LogP contribution >= 0.6 is 0 Å². The van der Waals surface area contributed by atoms with Gasteiger partial charge < -0.3 is 23.7 Å². The zero-order valence-electron chi connectivity index (χ0n) is 24.3. The first-order valence-electron chi connectivity index (χ1n) is 13.5. The molecule has 2 rings (SSSR count). The molecule has 0 aromatic heterocycles. The highest BCUT2D eigenvalue weighted by Gasteiger charge is 2.34. The molecule has 1 aromatic rings. The third-order valence-electron chi connectivity index (χ3n) is 6.40. The predicted molar refractivity (Wildman–Crippen MR) is 145 cm³/mol. The van der Waals surface area contributed by atoms with Crippen LogP contribution in [0, 0.1) is 12.8 Å². The number of benzene rings is 1. The molecule has 1 unspecified atom stereocenters. The number of ether oxygens (including phenoxy) is 4. The van der Waals surface area contributed by atoms with E-state index in [-0.39, 0.29) is 48.6 Å². The van der Waals surface area contributed by atoms with Crippen LogP contribution in [0.25, 0.3) is 0 Å². The number of methoxy groups -OCH3 is 1. The molecule has 1 aliphatic rings. The van der Waals surface area contributed by atoms with E-state index in [0.717, 1.165) is 11.1 Å². The van der Waals surface area contributed by atoms with Gasteiger partial charge in [-0.2, -0.15) is 0 Å². The maximum Gasteiger partial charge on any atom is 0.342 e. The molecular weight excluding hydrogens is 488 g/mol. The van der Waals surface area contributed by atoms with E-state index in [9.17, 15) is 19.2 Å². The van der Waals surface area contributed by atoms with Crippen LogP contribution in [-0.4, -0.2) is 37.4 Å². The molecule has 1 heterocycles. The number of cyclic esters (lactones) is 1. The fourth-order valence-electron chi connectivity index (χ4n) is 3.89. The molecule has 0 bridgehead atoms. The van der Waals surface area contributed by atoms with E-state index < -0.39 is 11.9 Å². The van der Waals surface area contributed by atoms with Gasteiger partial charge in [0.2, 0.25) is 0 Å². The molecule has 8 nitrogen and oxygen atoms in total. The number of hydrogen-bond acceptors (Lipinski definition) is 8. The molecule has 1 aliphatic heterocycles. The number of fused-ring (bicyclic) bond motifs is 1. The first-order chi connectivity index (χ1) is 18.1. The van der Waals surface area contributed by atoms with Gasteiger partial charge in [0, 0.05) is 24.0 Å². The van der Waals surface area contributed by atoms with Crippen LogP contribution in [0.4, 0.5) is 0 Å². The summed E-state index contributed by atoms with van der Waals surface area (Å²) in [6, 6.07) is 0. The first-order valence-corrected chi connectivity index (χ1v) is 13.5. The molecule has 0 aliphatic carbocycles. The van der Waals surface area contributed by atoms with Crippen LogP contribution in [-0.2, 0) is 36.9 Å². The van der Waals surface area contributed by atoms with Crippen molar-refractivity contribution in [2.75, 3.05) is 13.7 Å². The Morgan fingerprint density at radius 3 is 2.34 bits per heavy atom. The quantitative estimate of drug-likeness (QED) is 0.120. The largest absolute Gasteiger partial charge is 0.496 e.